The van der Waals surface area contributed by atoms with Crippen molar-refractivity contribution < 1.29 is 18.7 Å². The van der Waals surface area contributed by atoms with Gasteiger partial charge in [0, 0.05) is 5.92 Å². The van der Waals surface area contributed by atoms with Crippen LogP contribution in [-0.2, 0) is 11.2 Å². The predicted molar refractivity (Wildman–Crippen MR) is 76.3 cm³/mol. The molecule has 0 amide bonds. The Morgan fingerprint density at radius 1 is 1.05 bits per heavy atom. The first-order valence-electron chi connectivity index (χ1n) is 6.76. The SMILES string of the molecule is CCc1cc(F)cc(C(CC(=O)O)c2ccc(F)cc2)c1. The third-order valence-electron chi connectivity index (χ3n) is 3.44. The first-order chi connectivity index (χ1) is 9.99. The molecule has 0 bridgehead atoms. The number of hydrogen-bond donors (Lipinski definition) is 1. The Hall–Kier alpha value is -2.23. The largest absolute Gasteiger partial charge is 0.481 e. The zero-order valence-electron chi connectivity index (χ0n) is 11.6. The minimum absolute atomic E-state index is 0.168. The number of hydrogen-bond acceptors (Lipinski definition) is 1. The van der Waals surface area contributed by atoms with Crippen molar-refractivity contribution in [2.45, 2.75) is 25.7 Å². The van der Waals surface area contributed by atoms with Crippen LogP contribution in [0.3, 0.4) is 0 Å². The lowest BCUT2D eigenvalue weighted by atomic mass is 9.87. The van der Waals surface area contributed by atoms with Gasteiger partial charge in [0.05, 0.1) is 6.42 Å². The molecule has 2 aromatic carbocycles. The monoisotopic (exact) mass is 290 g/mol. The van der Waals surface area contributed by atoms with Crippen molar-refractivity contribution >= 4 is 5.97 Å². The van der Waals surface area contributed by atoms with Crippen molar-refractivity contribution in [1.82, 2.24) is 0 Å². The first kappa shape index (κ1) is 15.2. The van der Waals surface area contributed by atoms with E-state index in [0.29, 0.717) is 17.5 Å². The number of halogens is 2. The number of benzene rings is 2. The second-order valence-electron chi connectivity index (χ2n) is 4.95. The molecule has 0 radical (unpaired) electrons. The fourth-order valence-corrected chi connectivity index (χ4v) is 2.38. The van der Waals surface area contributed by atoms with E-state index in [-0.39, 0.29) is 18.1 Å². The number of rotatable bonds is 5. The highest BCUT2D eigenvalue weighted by atomic mass is 19.1. The van der Waals surface area contributed by atoms with E-state index in [1.807, 2.05) is 6.92 Å². The quantitative estimate of drug-likeness (QED) is 0.898. The number of carbonyl (C=O) groups is 1. The van der Waals surface area contributed by atoms with Gasteiger partial charge >= 0.3 is 5.97 Å². The summed E-state index contributed by atoms with van der Waals surface area (Å²) in [4.78, 5) is 11.1. The smallest absolute Gasteiger partial charge is 0.304 e. The number of carboxylic acid groups (broad SMARTS) is 1. The van der Waals surface area contributed by atoms with Crippen LogP contribution in [0.5, 0.6) is 0 Å². The standard InChI is InChI=1S/C17H16F2O2/c1-2-11-7-13(9-15(19)8-11)16(10-17(20)21)12-3-5-14(18)6-4-12/h3-9,16H,2,10H2,1H3,(H,20,21). The second-order valence-corrected chi connectivity index (χ2v) is 4.95. The van der Waals surface area contributed by atoms with Gasteiger partial charge in [-0.05, 0) is 47.4 Å². The zero-order valence-corrected chi connectivity index (χ0v) is 11.6. The number of aliphatic carboxylic acids is 1. The molecule has 110 valence electrons. The molecule has 2 aromatic rings. The maximum absolute atomic E-state index is 13.7. The number of aryl methyl sites for hydroxylation is 1. The summed E-state index contributed by atoms with van der Waals surface area (Å²) in [5, 5.41) is 9.09. The molecule has 0 heterocycles. The molecule has 1 unspecified atom stereocenters. The van der Waals surface area contributed by atoms with Gasteiger partial charge in [-0.3, -0.25) is 4.79 Å². The normalized spacial score (nSPS) is 12.1. The van der Waals surface area contributed by atoms with Gasteiger partial charge < -0.3 is 5.11 Å². The lowest BCUT2D eigenvalue weighted by Crippen LogP contribution is -2.09. The highest BCUT2D eigenvalue weighted by Crippen LogP contribution is 2.29. The molecule has 4 heteroatoms. The summed E-state index contributed by atoms with van der Waals surface area (Å²) >= 11 is 0. The molecule has 0 saturated carbocycles. The topological polar surface area (TPSA) is 37.3 Å². The van der Waals surface area contributed by atoms with E-state index in [1.165, 1.54) is 24.3 Å². The van der Waals surface area contributed by atoms with Gasteiger partial charge in [-0.2, -0.15) is 0 Å². The molecule has 2 rings (SSSR count). The van der Waals surface area contributed by atoms with Crippen LogP contribution in [0.25, 0.3) is 0 Å². The Morgan fingerprint density at radius 2 is 1.71 bits per heavy atom. The molecule has 0 aromatic heterocycles. The molecule has 1 atom stereocenters. The molecular formula is C17H16F2O2. The second kappa shape index (κ2) is 6.48. The van der Waals surface area contributed by atoms with Gasteiger partial charge in [0.15, 0.2) is 0 Å². The maximum Gasteiger partial charge on any atom is 0.304 e. The van der Waals surface area contributed by atoms with E-state index in [4.69, 9.17) is 5.11 Å². The van der Waals surface area contributed by atoms with Gasteiger partial charge in [-0.1, -0.05) is 25.1 Å². The third kappa shape index (κ3) is 3.88. The van der Waals surface area contributed by atoms with Gasteiger partial charge in [-0.25, -0.2) is 8.78 Å². The molecule has 2 nitrogen and oxygen atoms in total. The van der Waals surface area contributed by atoms with Crippen molar-refractivity contribution in [2.24, 2.45) is 0 Å². The van der Waals surface area contributed by atoms with Crippen molar-refractivity contribution in [3.8, 4) is 0 Å². The van der Waals surface area contributed by atoms with Crippen LogP contribution in [0, 0.1) is 11.6 Å². The van der Waals surface area contributed by atoms with Crippen LogP contribution >= 0.6 is 0 Å². The predicted octanol–water partition coefficient (Wildman–Crippen LogP) is 4.13. The number of carboxylic acids is 1. The van der Waals surface area contributed by atoms with Crippen molar-refractivity contribution in [1.29, 1.82) is 0 Å². The molecule has 0 spiro atoms. The molecule has 1 N–H and O–H groups in total. The maximum atomic E-state index is 13.7. The summed E-state index contributed by atoms with van der Waals surface area (Å²) in [5.74, 6) is -2.25. The van der Waals surface area contributed by atoms with Crippen LogP contribution < -0.4 is 0 Å². The Balaban J connectivity index is 2.47. The van der Waals surface area contributed by atoms with Gasteiger partial charge in [0.2, 0.25) is 0 Å². The van der Waals surface area contributed by atoms with Gasteiger partial charge in [0.25, 0.3) is 0 Å². The summed E-state index contributed by atoms with van der Waals surface area (Å²) in [6.07, 6.45) is 0.492. The molecule has 0 saturated heterocycles. The summed E-state index contributed by atoms with van der Waals surface area (Å²) in [5.41, 5.74) is 2.06. The average Bonchev–Trinajstić information content (AvgIpc) is 2.45. The molecule has 0 aliphatic carbocycles. The Bertz CT molecular complexity index is 636. The van der Waals surface area contributed by atoms with Crippen molar-refractivity contribution in [2.75, 3.05) is 0 Å². The van der Waals surface area contributed by atoms with E-state index in [2.05, 4.69) is 0 Å². The molecule has 0 aliphatic heterocycles. The van der Waals surface area contributed by atoms with Gasteiger partial charge in [-0.15, -0.1) is 0 Å². The lowest BCUT2D eigenvalue weighted by molar-refractivity contribution is -0.137. The van der Waals surface area contributed by atoms with E-state index in [9.17, 15) is 13.6 Å². The highest BCUT2D eigenvalue weighted by molar-refractivity contribution is 5.69. The van der Waals surface area contributed by atoms with E-state index < -0.39 is 11.9 Å². The highest BCUT2D eigenvalue weighted by Gasteiger charge is 2.19. The van der Waals surface area contributed by atoms with Crippen LogP contribution in [-0.4, -0.2) is 11.1 Å². The summed E-state index contributed by atoms with van der Waals surface area (Å²) < 4.78 is 26.7. The van der Waals surface area contributed by atoms with E-state index in [1.54, 1.807) is 18.2 Å². The summed E-state index contributed by atoms with van der Waals surface area (Å²) in [6.45, 7) is 1.91. The molecular weight excluding hydrogens is 274 g/mol. The van der Waals surface area contributed by atoms with Crippen LogP contribution in [0.15, 0.2) is 42.5 Å². The molecule has 0 fully saturated rings. The summed E-state index contributed by atoms with van der Waals surface area (Å²) in [6, 6.07) is 10.2. The van der Waals surface area contributed by atoms with Crippen LogP contribution in [0.2, 0.25) is 0 Å². The molecule has 0 aliphatic rings. The minimum Gasteiger partial charge on any atom is -0.481 e. The average molecular weight is 290 g/mol. The zero-order chi connectivity index (χ0) is 15.4. The third-order valence-corrected chi connectivity index (χ3v) is 3.44. The Morgan fingerprint density at radius 3 is 2.29 bits per heavy atom. The summed E-state index contributed by atoms with van der Waals surface area (Å²) in [7, 11) is 0. The van der Waals surface area contributed by atoms with Crippen molar-refractivity contribution in [3.05, 3.63) is 70.8 Å². The first-order valence-corrected chi connectivity index (χ1v) is 6.76. The van der Waals surface area contributed by atoms with E-state index in [0.717, 1.165) is 5.56 Å². The van der Waals surface area contributed by atoms with Crippen LogP contribution in [0.1, 0.15) is 36.0 Å². The lowest BCUT2D eigenvalue weighted by Gasteiger charge is -2.17. The molecule has 21 heavy (non-hydrogen) atoms. The fourth-order valence-electron chi connectivity index (χ4n) is 2.38. The van der Waals surface area contributed by atoms with Crippen molar-refractivity contribution in [3.63, 3.8) is 0 Å². The fraction of sp³-hybridized carbons (Fsp3) is 0.235. The van der Waals surface area contributed by atoms with Crippen LogP contribution in [0.4, 0.5) is 8.78 Å². The van der Waals surface area contributed by atoms with E-state index >= 15 is 0 Å². The Labute approximate surface area is 122 Å². The minimum atomic E-state index is -0.980. The Kier molecular flexibility index (Phi) is 4.68. The van der Waals surface area contributed by atoms with Gasteiger partial charge in [0.1, 0.15) is 11.6 Å².